The van der Waals surface area contributed by atoms with Crippen molar-refractivity contribution in [1.29, 1.82) is 0 Å². The normalized spacial score (nSPS) is 15.4. The van der Waals surface area contributed by atoms with Crippen LogP contribution in [0.1, 0.15) is 21.5 Å². The Labute approximate surface area is 211 Å². The lowest BCUT2D eigenvalue weighted by Crippen LogP contribution is -2.28. The lowest BCUT2D eigenvalue weighted by atomic mass is 10.1. The fourth-order valence-electron chi connectivity index (χ4n) is 3.34. The van der Waals surface area contributed by atoms with Crippen molar-refractivity contribution in [3.8, 4) is 5.75 Å². The SMILES string of the molecule is COC(=O)COc1ccccc1/C=C1\SC(=Nc2ccccc2)N(Cc2ccc(C(=O)[O-])cc2)C1=O. The van der Waals surface area contributed by atoms with E-state index in [4.69, 9.17) is 4.74 Å². The molecule has 1 aliphatic heterocycles. The number of carboxylic acids is 1. The van der Waals surface area contributed by atoms with Crippen molar-refractivity contribution in [2.24, 2.45) is 4.99 Å². The Balaban J connectivity index is 1.65. The first-order valence-electron chi connectivity index (χ1n) is 10.9. The molecule has 0 aromatic heterocycles. The van der Waals surface area contributed by atoms with E-state index < -0.39 is 11.9 Å². The minimum atomic E-state index is -1.26. The predicted octanol–water partition coefficient (Wildman–Crippen LogP) is 3.41. The first-order chi connectivity index (χ1) is 17.4. The summed E-state index contributed by atoms with van der Waals surface area (Å²) < 4.78 is 10.2. The number of carbonyl (C=O) groups excluding carboxylic acids is 3. The van der Waals surface area contributed by atoms with E-state index in [-0.39, 0.29) is 24.6 Å². The number of amides is 1. The number of esters is 1. The van der Waals surface area contributed by atoms with Gasteiger partial charge in [-0.15, -0.1) is 0 Å². The first kappa shape index (κ1) is 24.7. The van der Waals surface area contributed by atoms with Crippen LogP contribution in [0.4, 0.5) is 5.69 Å². The summed E-state index contributed by atoms with van der Waals surface area (Å²) in [7, 11) is 1.28. The van der Waals surface area contributed by atoms with Gasteiger partial charge in [0.15, 0.2) is 11.8 Å². The molecule has 36 heavy (non-hydrogen) atoms. The molecule has 1 saturated heterocycles. The van der Waals surface area contributed by atoms with E-state index in [1.807, 2.05) is 30.3 Å². The summed E-state index contributed by atoms with van der Waals surface area (Å²) in [6.45, 7) is -0.0604. The van der Waals surface area contributed by atoms with Crippen LogP contribution in [0.2, 0.25) is 0 Å². The molecule has 3 aromatic carbocycles. The van der Waals surface area contributed by atoms with Crippen molar-refractivity contribution in [2.45, 2.75) is 6.54 Å². The van der Waals surface area contributed by atoms with Gasteiger partial charge in [0.25, 0.3) is 5.91 Å². The van der Waals surface area contributed by atoms with E-state index in [1.165, 1.54) is 35.9 Å². The highest BCUT2D eigenvalue weighted by atomic mass is 32.2. The topological polar surface area (TPSA) is 108 Å². The van der Waals surface area contributed by atoms with Crippen LogP contribution >= 0.6 is 11.8 Å². The highest BCUT2D eigenvalue weighted by Gasteiger charge is 2.33. The molecule has 3 aromatic rings. The monoisotopic (exact) mass is 501 g/mol. The van der Waals surface area contributed by atoms with Crippen LogP contribution < -0.4 is 9.84 Å². The third-order valence-electron chi connectivity index (χ3n) is 5.18. The van der Waals surface area contributed by atoms with Crippen molar-refractivity contribution >= 4 is 46.5 Å². The van der Waals surface area contributed by atoms with Gasteiger partial charge in [0, 0.05) is 5.56 Å². The molecule has 0 spiro atoms. The molecule has 1 fully saturated rings. The Morgan fingerprint density at radius 2 is 1.69 bits per heavy atom. The second kappa shape index (κ2) is 11.4. The molecule has 4 rings (SSSR count). The molecule has 0 unspecified atom stereocenters. The first-order valence-corrected chi connectivity index (χ1v) is 11.7. The number of nitrogens with zero attached hydrogens (tertiary/aromatic N) is 2. The van der Waals surface area contributed by atoms with Crippen LogP contribution in [0.25, 0.3) is 6.08 Å². The third kappa shape index (κ3) is 6.00. The van der Waals surface area contributed by atoms with E-state index in [0.29, 0.717) is 27.1 Å². The van der Waals surface area contributed by atoms with Crippen molar-refractivity contribution in [2.75, 3.05) is 13.7 Å². The van der Waals surface area contributed by atoms with Gasteiger partial charge in [0.1, 0.15) is 5.75 Å². The van der Waals surface area contributed by atoms with Gasteiger partial charge in [-0.25, -0.2) is 9.79 Å². The molecule has 9 heteroatoms. The van der Waals surface area contributed by atoms with Gasteiger partial charge in [-0.05, 0) is 47.2 Å². The van der Waals surface area contributed by atoms with Crippen molar-refractivity contribution in [3.05, 3.63) is 100 Å². The number of thioether (sulfide) groups is 1. The molecular formula is C27H21N2O6S-. The minimum Gasteiger partial charge on any atom is -0.545 e. The Morgan fingerprint density at radius 1 is 1.00 bits per heavy atom. The zero-order valence-electron chi connectivity index (χ0n) is 19.2. The molecular weight excluding hydrogens is 480 g/mol. The number of carbonyl (C=O) groups is 3. The summed E-state index contributed by atoms with van der Waals surface area (Å²) in [4.78, 5) is 42.6. The maximum atomic E-state index is 13.5. The number of aromatic carboxylic acids is 1. The Hall–Kier alpha value is -4.37. The molecule has 8 nitrogen and oxygen atoms in total. The second-order valence-electron chi connectivity index (χ2n) is 7.62. The van der Waals surface area contributed by atoms with Crippen LogP contribution in [0.5, 0.6) is 5.75 Å². The van der Waals surface area contributed by atoms with Crippen molar-refractivity contribution in [3.63, 3.8) is 0 Å². The zero-order valence-corrected chi connectivity index (χ0v) is 20.1. The molecule has 0 N–H and O–H groups in total. The average molecular weight is 502 g/mol. The Morgan fingerprint density at radius 3 is 2.39 bits per heavy atom. The highest BCUT2D eigenvalue weighted by molar-refractivity contribution is 8.18. The van der Waals surface area contributed by atoms with Crippen LogP contribution in [0.3, 0.4) is 0 Å². The molecule has 0 atom stereocenters. The van der Waals surface area contributed by atoms with E-state index in [1.54, 1.807) is 42.5 Å². The lowest BCUT2D eigenvalue weighted by Gasteiger charge is -2.16. The molecule has 1 aliphatic rings. The van der Waals surface area contributed by atoms with Crippen LogP contribution in [0.15, 0.2) is 88.8 Å². The summed E-state index contributed by atoms with van der Waals surface area (Å²) in [6, 6.07) is 22.5. The number of hydrogen-bond donors (Lipinski definition) is 0. The number of carboxylic acid groups (broad SMARTS) is 1. The number of benzene rings is 3. The zero-order chi connectivity index (χ0) is 25.5. The summed E-state index contributed by atoms with van der Waals surface area (Å²) in [5.41, 5.74) is 2.10. The minimum absolute atomic E-state index is 0.0585. The van der Waals surface area contributed by atoms with Gasteiger partial charge in [-0.1, -0.05) is 60.7 Å². The summed E-state index contributed by atoms with van der Waals surface area (Å²) in [5, 5.41) is 11.5. The number of methoxy groups -OCH3 is 1. The molecule has 0 radical (unpaired) electrons. The van der Waals surface area contributed by atoms with Gasteiger partial charge in [0.05, 0.1) is 30.2 Å². The molecule has 1 amide bonds. The van der Waals surface area contributed by atoms with Crippen LogP contribution in [-0.4, -0.2) is 41.6 Å². The molecule has 0 aliphatic carbocycles. The predicted molar refractivity (Wildman–Crippen MR) is 134 cm³/mol. The summed E-state index contributed by atoms with van der Waals surface area (Å²) >= 11 is 1.22. The second-order valence-corrected chi connectivity index (χ2v) is 8.63. The third-order valence-corrected chi connectivity index (χ3v) is 6.18. The largest absolute Gasteiger partial charge is 0.545 e. The van der Waals surface area contributed by atoms with E-state index in [2.05, 4.69) is 9.73 Å². The van der Waals surface area contributed by atoms with Gasteiger partial charge in [-0.3, -0.25) is 9.69 Å². The van der Waals surface area contributed by atoms with Gasteiger partial charge >= 0.3 is 5.97 Å². The van der Waals surface area contributed by atoms with Gasteiger partial charge < -0.3 is 19.4 Å². The number of amidine groups is 1. The number of para-hydroxylation sites is 2. The Kier molecular flexibility index (Phi) is 7.82. The highest BCUT2D eigenvalue weighted by Crippen LogP contribution is 2.36. The maximum absolute atomic E-state index is 13.5. The average Bonchev–Trinajstić information content (AvgIpc) is 3.17. The van der Waals surface area contributed by atoms with E-state index >= 15 is 0 Å². The van der Waals surface area contributed by atoms with E-state index in [9.17, 15) is 19.5 Å². The van der Waals surface area contributed by atoms with Gasteiger partial charge in [0.2, 0.25) is 0 Å². The molecule has 182 valence electrons. The summed E-state index contributed by atoms with van der Waals surface area (Å²) in [5.74, 6) is -1.61. The molecule has 1 heterocycles. The molecule has 0 saturated carbocycles. The van der Waals surface area contributed by atoms with Gasteiger partial charge in [-0.2, -0.15) is 0 Å². The number of hydrogen-bond acceptors (Lipinski definition) is 8. The number of aliphatic imine (C=N–C) groups is 1. The quantitative estimate of drug-likeness (QED) is 0.344. The van der Waals surface area contributed by atoms with Crippen molar-refractivity contribution < 1.29 is 29.0 Å². The Bertz CT molecular complexity index is 1340. The summed E-state index contributed by atoms with van der Waals surface area (Å²) in [6.07, 6.45) is 1.69. The van der Waals surface area contributed by atoms with Crippen LogP contribution in [-0.2, 0) is 20.9 Å². The molecule has 0 bridgehead atoms. The van der Waals surface area contributed by atoms with E-state index in [0.717, 1.165) is 5.56 Å². The maximum Gasteiger partial charge on any atom is 0.343 e. The number of rotatable bonds is 8. The smallest absolute Gasteiger partial charge is 0.343 e. The lowest BCUT2D eigenvalue weighted by molar-refractivity contribution is -0.255. The van der Waals surface area contributed by atoms with Crippen LogP contribution in [0, 0.1) is 0 Å². The standard InChI is InChI=1S/C27H22N2O6S/c1-34-24(30)17-35-22-10-6-5-7-20(22)15-23-25(31)29(16-18-11-13-19(14-12-18)26(32)33)27(36-23)28-21-8-3-2-4-9-21/h2-15H,16-17H2,1H3,(H,32,33)/p-1/b23-15-,28-27?. The fourth-order valence-corrected chi connectivity index (χ4v) is 4.33. The number of ether oxygens (including phenoxy) is 2. The fraction of sp³-hybridized carbons (Fsp3) is 0.111. The van der Waals surface area contributed by atoms with Crippen molar-refractivity contribution in [1.82, 2.24) is 4.90 Å².